The average Bonchev–Trinajstić information content (AvgIpc) is 3.07. The van der Waals surface area contributed by atoms with Crippen LogP contribution in [0.5, 0.6) is 0 Å². The van der Waals surface area contributed by atoms with Crippen molar-refractivity contribution in [3.8, 4) is 0 Å². The first kappa shape index (κ1) is 14.3. The summed E-state index contributed by atoms with van der Waals surface area (Å²) in [6.07, 6.45) is 3.46. The number of aryl methyl sites for hydroxylation is 1. The zero-order valence-corrected chi connectivity index (χ0v) is 12.4. The second-order valence-electron chi connectivity index (χ2n) is 5.76. The largest absolute Gasteiger partial charge is 0.356 e. The minimum Gasteiger partial charge on any atom is -0.356 e. The van der Waals surface area contributed by atoms with Crippen molar-refractivity contribution >= 4 is 23.4 Å². The van der Waals surface area contributed by atoms with Gasteiger partial charge in [-0.15, -0.1) is 5.10 Å². The van der Waals surface area contributed by atoms with E-state index in [2.05, 4.69) is 20.5 Å². The number of hydrogen-bond acceptors (Lipinski definition) is 4. The molecule has 8 heteroatoms. The minimum absolute atomic E-state index is 0.0535. The summed E-state index contributed by atoms with van der Waals surface area (Å²) in [5.74, 6) is 0.765. The Morgan fingerprint density at radius 1 is 1.43 bits per heavy atom. The predicted octanol–water partition coefficient (Wildman–Crippen LogP) is 0.519. The third-order valence-electron chi connectivity index (χ3n) is 4.39. The second-order valence-corrected chi connectivity index (χ2v) is 6.09. The van der Waals surface area contributed by atoms with E-state index >= 15 is 0 Å². The number of piperidine rings is 1. The number of likely N-dealkylation sites (tertiary alicyclic amines) is 1. The molecule has 2 aliphatic rings. The van der Waals surface area contributed by atoms with Gasteiger partial charge in [0.25, 0.3) is 0 Å². The highest BCUT2D eigenvalue weighted by Crippen LogP contribution is 2.37. The fourth-order valence-electron chi connectivity index (χ4n) is 3.17. The Kier molecular flexibility index (Phi) is 3.84. The Labute approximate surface area is 127 Å². The van der Waals surface area contributed by atoms with Gasteiger partial charge in [0, 0.05) is 32.5 Å². The number of carbonyl (C=O) groups excluding carboxylic acids is 2. The van der Waals surface area contributed by atoms with E-state index in [4.69, 9.17) is 11.6 Å². The zero-order valence-electron chi connectivity index (χ0n) is 11.7. The van der Waals surface area contributed by atoms with Crippen molar-refractivity contribution < 1.29 is 9.59 Å². The summed E-state index contributed by atoms with van der Waals surface area (Å²) in [5.41, 5.74) is -0.358. The van der Waals surface area contributed by atoms with E-state index in [1.165, 1.54) is 0 Å². The van der Waals surface area contributed by atoms with Crippen molar-refractivity contribution in [3.05, 3.63) is 11.1 Å². The van der Waals surface area contributed by atoms with Gasteiger partial charge in [0.15, 0.2) is 0 Å². The number of halogens is 1. The van der Waals surface area contributed by atoms with Crippen LogP contribution in [0, 0.1) is 5.41 Å². The van der Waals surface area contributed by atoms with E-state index in [0.717, 1.165) is 25.8 Å². The van der Waals surface area contributed by atoms with E-state index in [1.807, 2.05) is 0 Å². The molecule has 3 heterocycles. The molecule has 2 saturated heterocycles. The Morgan fingerprint density at radius 3 is 3.00 bits per heavy atom. The maximum Gasteiger partial charge on any atom is 0.242 e. The van der Waals surface area contributed by atoms with Crippen LogP contribution in [-0.4, -0.2) is 51.5 Å². The van der Waals surface area contributed by atoms with Crippen LogP contribution < -0.4 is 5.32 Å². The zero-order chi connectivity index (χ0) is 14.9. The Balaban J connectivity index is 1.55. The van der Waals surface area contributed by atoms with Crippen LogP contribution in [0.3, 0.4) is 0 Å². The molecule has 0 bridgehead atoms. The number of nitrogens with zero attached hydrogens (tertiary/aromatic N) is 3. The lowest BCUT2D eigenvalue weighted by atomic mass is 9.79. The first-order chi connectivity index (χ1) is 10.1. The molecule has 0 radical (unpaired) electrons. The number of amides is 2. The van der Waals surface area contributed by atoms with Crippen LogP contribution in [0.15, 0.2) is 0 Å². The Morgan fingerprint density at radius 2 is 2.29 bits per heavy atom. The standard InChI is InChI=1S/C13H18ClN5O2/c14-12-16-9(17-18-12)2-3-10(20)19-7-5-13(8-19)4-1-6-15-11(13)21/h1-8H2,(H,15,21)(H,16,17,18)/t13-/m0/s1. The molecule has 3 rings (SSSR count). The van der Waals surface area contributed by atoms with Crippen molar-refractivity contribution in [2.75, 3.05) is 19.6 Å². The summed E-state index contributed by atoms with van der Waals surface area (Å²) < 4.78 is 0. The molecule has 0 saturated carbocycles. The summed E-state index contributed by atoms with van der Waals surface area (Å²) in [6, 6.07) is 0. The van der Waals surface area contributed by atoms with Crippen LogP contribution in [0.2, 0.25) is 5.28 Å². The maximum atomic E-state index is 12.3. The predicted molar refractivity (Wildman–Crippen MR) is 75.6 cm³/mol. The molecule has 1 spiro atoms. The van der Waals surface area contributed by atoms with Gasteiger partial charge < -0.3 is 10.2 Å². The van der Waals surface area contributed by atoms with E-state index in [0.29, 0.717) is 31.8 Å². The topological polar surface area (TPSA) is 91.0 Å². The van der Waals surface area contributed by atoms with Crippen LogP contribution in [-0.2, 0) is 16.0 Å². The molecule has 0 aromatic carbocycles. The molecule has 2 fully saturated rings. The molecule has 7 nitrogen and oxygen atoms in total. The van der Waals surface area contributed by atoms with Gasteiger partial charge in [-0.25, -0.2) is 4.98 Å². The highest BCUT2D eigenvalue weighted by atomic mass is 35.5. The molecule has 21 heavy (non-hydrogen) atoms. The molecule has 2 N–H and O–H groups in total. The minimum atomic E-state index is -0.358. The van der Waals surface area contributed by atoms with Gasteiger partial charge in [-0.05, 0) is 30.9 Å². The van der Waals surface area contributed by atoms with Gasteiger partial charge in [0.1, 0.15) is 5.82 Å². The summed E-state index contributed by atoms with van der Waals surface area (Å²) in [7, 11) is 0. The highest BCUT2D eigenvalue weighted by Gasteiger charge is 2.46. The molecule has 1 atom stereocenters. The lowest BCUT2D eigenvalue weighted by Gasteiger charge is -2.32. The lowest BCUT2D eigenvalue weighted by Crippen LogP contribution is -2.47. The van der Waals surface area contributed by atoms with Crippen LogP contribution in [0.25, 0.3) is 0 Å². The summed E-state index contributed by atoms with van der Waals surface area (Å²) in [4.78, 5) is 30.1. The van der Waals surface area contributed by atoms with E-state index in [9.17, 15) is 9.59 Å². The fourth-order valence-corrected chi connectivity index (χ4v) is 3.32. The van der Waals surface area contributed by atoms with Crippen LogP contribution >= 0.6 is 11.6 Å². The van der Waals surface area contributed by atoms with Crippen molar-refractivity contribution in [3.63, 3.8) is 0 Å². The smallest absolute Gasteiger partial charge is 0.242 e. The van der Waals surface area contributed by atoms with Crippen LogP contribution in [0.1, 0.15) is 31.5 Å². The van der Waals surface area contributed by atoms with Gasteiger partial charge in [-0.3, -0.25) is 14.7 Å². The molecular formula is C13H18ClN5O2. The van der Waals surface area contributed by atoms with Gasteiger partial charge in [0.05, 0.1) is 5.41 Å². The Hall–Kier alpha value is -1.63. The Bertz CT molecular complexity index is 561. The van der Waals surface area contributed by atoms with Gasteiger partial charge in [-0.1, -0.05) is 0 Å². The molecule has 0 unspecified atom stereocenters. The van der Waals surface area contributed by atoms with Gasteiger partial charge in [0.2, 0.25) is 17.1 Å². The van der Waals surface area contributed by atoms with Crippen LogP contribution in [0.4, 0.5) is 0 Å². The summed E-state index contributed by atoms with van der Waals surface area (Å²) in [6.45, 7) is 1.94. The van der Waals surface area contributed by atoms with E-state index in [-0.39, 0.29) is 22.5 Å². The molecule has 2 amide bonds. The van der Waals surface area contributed by atoms with Gasteiger partial charge >= 0.3 is 0 Å². The fraction of sp³-hybridized carbons (Fsp3) is 0.692. The first-order valence-electron chi connectivity index (χ1n) is 7.22. The number of hydrogen-bond donors (Lipinski definition) is 2. The van der Waals surface area contributed by atoms with Gasteiger partial charge in [-0.2, -0.15) is 0 Å². The average molecular weight is 312 g/mol. The van der Waals surface area contributed by atoms with E-state index < -0.39 is 0 Å². The van der Waals surface area contributed by atoms with Crippen molar-refractivity contribution in [1.29, 1.82) is 0 Å². The maximum absolute atomic E-state index is 12.3. The molecule has 114 valence electrons. The molecule has 2 aliphatic heterocycles. The molecule has 1 aromatic rings. The third-order valence-corrected chi connectivity index (χ3v) is 4.55. The SMILES string of the molecule is O=C(CCc1nc(Cl)n[nH]1)N1CC[C@@]2(CCCNC2=O)C1. The number of H-pyrrole nitrogens is 1. The first-order valence-corrected chi connectivity index (χ1v) is 7.60. The lowest BCUT2D eigenvalue weighted by molar-refractivity contribution is -0.134. The van der Waals surface area contributed by atoms with E-state index in [1.54, 1.807) is 4.90 Å². The quantitative estimate of drug-likeness (QED) is 0.851. The van der Waals surface area contributed by atoms with Crippen molar-refractivity contribution in [2.45, 2.75) is 32.1 Å². The molecule has 1 aromatic heterocycles. The number of aromatic nitrogens is 3. The number of carbonyl (C=O) groups is 2. The second kappa shape index (κ2) is 5.63. The van der Waals surface area contributed by atoms with Crippen molar-refractivity contribution in [2.24, 2.45) is 5.41 Å². The number of rotatable bonds is 3. The monoisotopic (exact) mass is 311 g/mol. The molecule has 0 aliphatic carbocycles. The summed E-state index contributed by atoms with van der Waals surface area (Å²) in [5, 5.41) is 9.49. The summed E-state index contributed by atoms with van der Waals surface area (Å²) >= 11 is 5.62. The van der Waals surface area contributed by atoms with Crippen molar-refractivity contribution in [1.82, 2.24) is 25.4 Å². The normalized spacial score (nSPS) is 25.4. The number of aromatic amines is 1. The number of nitrogens with one attached hydrogen (secondary N) is 2. The molecular weight excluding hydrogens is 294 g/mol. The highest BCUT2D eigenvalue weighted by molar-refractivity contribution is 6.28. The third kappa shape index (κ3) is 2.88.